The van der Waals surface area contributed by atoms with E-state index in [1.54, 1.807) is 0 Å². The van der Waals surface area contributed by atoms with Gasteiger partial charge in [0.25, 0.3) is 0 Å². The molecular weight excluding hydrogens is 302 g/mol. The van der Waals surface area contributed by atoms with Crippen molar-refractivity contribution in [3.63, 3.8) is 0 Å². The maximum Gasteiger partial charge on any atom is 1.00 e. The zero-order valence-electron chi connectivity index (χ0n) is 16.6. The normalized spacial score (nSPS) is 9.86. The van der Waals surface area contributed by atoms with Gasteiger partial charge < -0.3 is 12.7 Å². The largest absolute Gasteiger partial charge is 1.00 e. The van der Waals surface area contributed by atoms with Gasteiger partial charge in [0.15, 0.2) is 0 Å². The van der Waals surface area contributed by atoms with E-state index in [9.17, 15) is 9.59 Å². The molecule has 0 aliphatic carbocycles. The van der Waals surface area contributed by atoms with Crippen LogP contribution < -0.4 is 59.1 Å². The van der Waals surface area contributed by atoms with Crippen molar-refractivity contribution in [2.24, 2.45) is 0 Å². The number of esters is 1. The Morgan fingerprint density at radius 2 is 1.50 bits per heavy atom. The Kier molecular flexibility index (Phi) is 27.1. The van der Waals surface area contributed by atoms with E-state index in [4.69, 9.17) is 9.84 Å². The van der Waals surface area contributed by atoms with Crippen LogP contribution in [-0.2, 0) is 14.3 Å². The number of carbonyl (C=O) groups is 2. The van der Waals surface area contributed by atoms with Crippen LogP contribution in [0.2, 0.25) is 0 Å². The van der Waals surface area contributed by atoms with Gasteiger partial charge in [-0.25, -0.2) is 0 Å². The summed E-state index contributed by atoms with van der Waals surface area (Å²) < 4.78 is 4.78. The Morgan fingerprint density at radius 3 is 2.05 bits per heavy atom. The second-order valence-corrected chi connectivity index (χ2v) is 5.02. The number of unbranched alkanes of at least 4 members (excludes halogenated alkanes) is 8. The van der Waals surface area contributed by atoms with Crippen molar-refractivity contribution in [3.8, 4) is 0 Å². The Hall–Kier alpha value is 0.680. The van der Waals surface area contributed by atoms with Crippen LogP contribution in [-0.4, -0.2) is 17.0 Å². The van der Waals surface area contributed by atoms with Crippen LogP contribution in [0.3, 0.4) is 0 Å². The minimum atomic E-state index is -0.982. The number of aliphatic carboxylic acids is 1. The molecule has 6 heteroatoms. The molecule has 120 valence electrons. The summed E-state index contributed by atoms with van der Waals surface area (Å²) in [5.74, 6) is -1.47. The first-order valence-corrected chi connectivity index (χ1v) is 7.73. The van der Waals surface area contributed by atoms with Crippen LogP contribution in [0.5, 0.6) is 0 Å². The van der Waals surface area contributed by atoms with Gasteiger partial charge in [-0.15, -0.1) is 0 Å². The molecule has 0 aromatic carbocycles. The van der Waals surface area contributed by atoms with Gasteiger partial charge in [-0.05, 0) is 18.9 Å². The van der Waals surface area contributed by atoms with E-state index < -0.39 is 11.9 Å². The third-order valence-electron chi connectivity index (χ3n) is 3.06. The fourth-order valence-corrected chi connectivity index (χ4v) is 1.86. The van der Waals surface area contributed by atoms with Gasteiger partial charge >= 0.3 is 71.1 Å². The summed E-state index contributed by atoms with van der Waals surface area (Å²) in [6.07, 6.45) is 14.1. The van der Waals surface area contributed by atoms with Gasteiger partial charge in [-0.2, -0.15) is 0 Å². The molecule has 0 spiro atoms. The molecule has 1 N–H and O–H groups in total. The van der Waals surface area contributed by atoms with Crippen LogP contribution >= 0.6 is 0 Å². The summed E-state index contributed by atoms with van der Waals surface area (Å²) in [6, 6.07) is 0. The third kappa shape index (κ3) is 23.0. The number of carboxylic acid groups (broad SMARTS) is 1. The first-order valence-electron chi connectivity index (χ1n) is 7.73. The molecule has 0 radical (unpaired) electrons. The fourth-order valence-electron chi connectivity index (χ4n) is 1.86. The maximum absolute atomic E-state index is 11.1. The molecule has 0 amide bonds. The number of carbonyl (C=O) groups excluding carboxylic acids is 1. The summed E-state index contributed by atoms with van der Waals surface area (Å²) in [5.41, 5.74) is 0. The molecule has 0 aromatic heterocycles. The molecule has 0 saturated carbocycles. The standard InChI is InChI=1S/C16H28O4.2Na.2H/c1-2-3-4-5-6-7-8-9-10-11-14-20-16(19)13-12-15(17)18;;;;/h11,14H,2-10,12-13H2,1H3,(H,17,18);;;;/q;2*+1;2*-1. The van der Waals surface area contributed by atoms with Crippen molar-refractivity contribution in [1.82, 2.24) is 0 Å². The minimum absolute atomic E-state index is 0. The molecule has 0 heterocycles. The molecule has 22 heavy (non-hydrogen) atoms. The predicted molar refractivity (Wildman–Crippen MR) is 81.6 cm³/mol. The molecule has 0 unspecified atom stereocenters. The first-order chi connectivity index (χ1) is 9.66. The quantitative estimate of drug-likeness (QED) is 0.197. The average Bonchev–Trinajstić information content (AvgIpc) is 2.42. The Balaban J connectivity index is -0.000000301. The Labute approximate surface area is 182 Å². The number of ether oxygens (including phenoxy) is 1. The summed E-state index contributed by atoms with van der Waals surface area (Å²) in [5, 5.41) is 8.40. The van der Waals surface area contributed by atoms with Crippen molar-refractivity contribution < 1.29 is 81.4 Å². The second kappa shape index (κ2) is 21.7. The number of rotatable bonds is 13. The van der Waals surface area contributed by atoms with E-state index in [1.165, 1.54) is 51.2 Å². The van der Waals surface area contributed by atoms with Gasteiger partial charge in [-0.1, -0.05) is 51.9 Å². The van der Waals surface area contributed by atoms with E-state index in [0.29, 0.717) is 0 Å². The Bertz CT molecular complexity index is 304. The first kappa shape index (κ1) is 27.5. The van der Waals surface area contributed by atoms with Crippen molar-refractivity contribution >= 4 is 11.9 Å². The molecule has 0 saturated heterocycles. The van der Waals surface area contributed by atoms with Crippen LogP contribution in [0.4, 0.5) is 0 Å². The second-order valence-electron chi connectivity index (χ2n) is 5.02. The fraction of sp³-hybridized carbons (Fsp3) is 0.750. The monoisotopic (exact) mass is 332 g/mol. The summed E-state index contributed by atoms with van der Waals surface area (Å²) in [7, 11) is 0. The van der Waals surface area contributed by atoms with Crippen molar-refractivity contribution in [2.45, 2.75) is 77.6 Å². The smallest absolute Gasteiger partial charge is 1.00 e. The SMILES string of the molecule is CCCCCCCCCCC=COC(=O)CCC(=O)O.[H-].[H-].[Na+].[Na+]. The molecular formula is C16H30Na2O4. The molecule has 0 aromatic rings. The van der Waals surface area contributed by atoms with Gasteiger partial charge in [-0.3, -0.25) is 9.59 Å². The third-order valence-corrected chi connectivity index (χ3v) is 3.06. The van der Waals surface area contributed by atoms with E-state index in [1.807, 2.05) is 6.08 Å². The Morgan fingerprint density at radius 1 is 0.955 bits per heavy atom. The average molecular weight is 332 g/mol. The minimum Gasteiger partial charge on any atom is -1.00 e. The molecule has 0 rings (SSSR count). The number of carboxylic acids is 1. The number of hydrogen-bond acceptors (Lipinski definition) is 3. The van der Waals surface area contributed by atoms with Crippen molar-refractivity contribution in [2.75, 3.05) is 0 Å². The number of allylic oxidation sites excluding steroid dienone is 1. The molecule has 0 aliphatic rings. The van der Waals surface area contributed by atoms with Gasteiger partial charge in [0, 0.05) is 0 Å². The maximum atomic E-state index is 11.1. The van der Waals surface area contributed by atoms with E-state index >= 15 is 0 Å². The molecule has 0 fully saturated rings. The summed E-state index contributed by atoms with van der Waals surface area (Å²) >= 11 is 0. The van der Waals surface area contributed by atoms with Gasteiger partial charge in [0.2, 0.25) is 0 Å². The van der Waals surface area contributed by atoms with Crippen LogP contribution in [0.1, 0.15) is 80.4 Å². The topological polar surface area (TPSA) is 63.6 Å². The van der Waals surface area contributed by atoms with E-state index in [-0.39, 0.29) is 74.8 Å². The molecule has 4 nitrogen and oxygen atoms in total. The van der Waals surface area contributed by atoms with E-state index in [0.717, 1.165) is 12.8 Å². The zero-order chi connectivity index (χ0) is 15.1. The van der Waals surface area contributed by atoms with Crippen LogP contribution in [0.15, 0.2) is 12.3 Å². The van der Waals surface area contributed by atoms with Crippen LogP contribution in [0, 0.1) is 0 Å². The van der Waals surface area contributed by atoms with E-state index in [2.05, 4.69) is 6.92 Å². The van der Waals surface area contributed by atoms with Gasteiger partial charge in [0.1, 0.15) is 0 Å². The molecule has 0 bridgehead atoms. The van der Waals surface area contributed by atoms with Crippen LogP contribution in [0.25, 0.3) is 0 Å². The zero-order valence-corrected chi connectivity index (χ0v) is 18.6. The predicted octanol–water partition coefficient (Wildman–Crippen LogP) is -1.33. The van der Waals surface area contributed by atoms with Gasteiger partial charge in [0.05, 0.1) is 19.1 Å². The molecule has 0 atom stereocenters. The van der Waals surface area contributed by atoms with Crippen molar-refractivity contribution in [1.29, 1.82) is 0 Å². The summed E-state index contributed by atoms with van der Waals surface area (Å²) in [6.45, 7) is 2.22. The molecule has 0 aliphatic heterocycles. The summed E-state index contributed by atoms with van der Waals surface area (Å²) in [4.78, 5) is 21.3. The van der Waals surface area contributed by atoms with Crippen molar-refractivity contribution in [3.05, 3.63) is 12.3 Å². The number of hydrogen-bond donors (Lipinski definition) is 1.